The van der Waals surface area contributed by atoms with Crippen LogP contribution in [0, 0.1) is 5.92 Å². The van der Waals surface area contributed by atoms with Gasteiger partial charge < -0.3 is 14.6 Å². The average Bonchev–Trinajstić information content (AvgIpc) is 2.18. The Morgan fingerprint density at radius 2 is 1.33 bits per heavy atom. The van der Waals surface area contributed by atoms with Gasteiger partial charge in [-0.2, -0.15) is 0 Å². The number of ether oxygens (including phenoxy) is 2. The molecule has 0 aromatic carbocycles. The standard InChI is InChI=1S/C15H26O6/c1-14(2,3)20-11(16)8-7-10(13(18)19)9-12(17)21-15(4,5)6/h10H,7-9H2,1-6H3,(H,18,19). The molecule has 0 heterocycles. The molecule has 0 aromatic rings. The number of esters is 2. The Bertz CT molecular complexity index is 386. The summed E-state index contributed by atoms with van der Waals surface area (Å²) in [6, 6.07) is 0. The average molecular weight is 302 g/mol. The van der Waals surface area contributed by atoms with E-state index in [9.17, 15) is 14.4 Å². The highest BCUT2D eigenvalue weighted by Gasteiger charge is 2.26. The van der Waals surface area contributed by atoms with Crippen LogP contribution in [0.1, 0.15) is 60.8 Å². The zero-order valence-corrected chi connectivity index (χ0v) is 13.7. The smallest absolute Gasteiger partial charge is 0.307 e. The van der Waals surface area contributed by atoms with Gasteiger partial charge in [-0.3, -0.25) is 14.4 Å². The number of hydrogen-bond donors (Lipinski definition) is 1. The molecule has 0 aromatic heterocycles. The van der Waals surface area contributed by atoms with Crippen molar-refractivity contribution < 1.29 is 29.0 Å². The van der Waals surface area contributed by atoms with Gasteiger partial charge in [0.25, 0.3) is 0 Å². The van der Waals surface area contributed by atoms with E-state index in [1.165, 1.54) is 0 Å². The van der Waals surface area contributed by atoms with Crippen LogP contribution in [0.5, 0.6) is 0 Å². The van der Waals surface area contributed by atoms with Gasteiger partial charge in [0.1, 0.15) is 11.2 Å². The Morgan fingerprint density at radius 1 is 0.905 bits per heavy atom. The van der Waals surface area contributed by atoms with Crippen molar-refractivity contribution in [3.8, 4) is 0 Å². The summed E-state index contributed by atoms with van der Waals surface area (Å²) in [6.45, 7) is 10.3. The second-order valence-electron chi connectivity index (χ2n) is 6.95. The molecule has 21 heavy (non-hydrogen) atoms. The molecular formula is C15H26O6. The molecule has 0 saturated heterocycles. The quantitative estimate of drug-likeness (QED) is 0.758. The first-order chi connectivity index (χ1) is 9.30. The third kappa shape index (κ3) is 10.8. The van der Waals surface area contributed by atoms with Crippen LogP contribution in [0.3, 0.4) is 0 Å². The minimum atomic E-state index is -1.12. The molecule has 0 aliphatic heterocycles. The molecule has 0 saturated carbocycles. The second-order valence-corrected chi connectivity index (χ2v) is 6.95. The normalized spacial score (nSPS) is 13.4. The molecule has 1 N–H and O–H groups in total. The molecule has 0 spiro atoms. The lowest BCUT2D eigenvalue weighted by Crippen LogP contribution is -2.28. The molecule has 1 unspecified atom stereocenters. The van der Waals surface area contributed by atoms with Crippen LogP contribution in [0.2, 0.25) is 0 Å². The summed E-state index contributed by atoms with van der Waals surface area (Å²) in [7, 11) is 0. The van der Waals surface area contributed by atoms with Crippen molar-refractivity contribution >= 4 is 17.9 Å². The van der Waals surface area contributed by atoms with Gasteiger partial charge in [-0.05, 0) is 48.0 Å². The van der Waals surface area contributed by atoms with Crippen molar-refractivity contribution in [2.75, 3.05) is 0 Å². The van der Waals surface area contributed by atoms with Crippen molar-refractivity contribution in [2.45, 2.75) is 72.0 Å². The van der Waals surface area contributed by atoms with Gasteiger partial charge in [-0.1, -0.05) is 0 Å². The fourth-order valence-corrected chi connectivity index (χ4v) is 1.58. The molecule has 0 bridgehead atoms. The largest absolute Gasteiger partial charge is 0.481 e. The highest BCUT2D eigenvalue weighted by Crippen LogP contribution is 2.18. The summed E-state index contributed by atoms with van der Waals surface area (Å²) in [5, 5.41) is 9.11. The van der Waals surface area contributed by atoms with E-state index in [4.69, 9.17) is 14.6 Å². The predicted molar refractivity (Wildman–Crippen MR) is 76.7 cm³/mol. The summed E-state index contributed by atoms with van der Waals surface area (Å²) in [5.41, 5.74) is -1.27. The van der Waals surface area contributed by atoms with E-state index in [1.54, 1.807) is 41.5 Å². The van der Waals surface area contributed by atoms with E-state index < -0.39 is 35.0 Å². The lowest BCUT2D eigenvalue weighted by molar-refractivity contribution is -0.161. The van der Waals surface area contributed by atoms with Gasteiger partial charge in [0.15, 0.2) is 0 Å². The zero-order chi connectivity index (χ0) is 16.8. The van der Waals surface area contributed by atoms with Crippen molar-refractivity contribution in [1.82, 2.24) is 0 Å². The van der Waals surface area contributed by atoms with Gasteiger partial charge in [0.2, 0.25) is 0 Å². The Kier molecular flexibility index (Phi) is 6.86. The van der Waals surface area contributed by atoms with Gasteiger partial charge in [-0.25, -0.2) is 0 Å². The Balaban J connectivity index is 4.42. The van der Waals surface area contributed by atoms with E-state index in [0.29, 0.717) is 0 Å². The first kappa shape index (κ1) is 19.4. The third-order valence-electron chi connectivity index (χ3n) is 2.30. The number of carboxylic acid groups (broad SMARTS) is 1. The number of aliphatic carboxylic acids is 1. The van der Waals surface area contributed by atoms with Crippen LogP contribution >= 0.6 is 0 Å². The van der Waals surface area contributed by atoms with E-state index in [1.807, 2.05) is 0 Å². The van der Waals surface area contributed by atoms with Gasteiger partial charge >= 0.3 is 17.9 Å². The molecular weight excluding hydrogens is 276 g/mol. The SMILES string of the molecule is CC(C)(C)OC(=O)CCC(CC(=O)OC(C)(C)C)C(=O)O. The fourth-order valence-electron chi connectivity index (χ4n) is 1.58. The van der Waals surface area contributed by atoms with Crippen molar-refractivity contribution in [3.63, 3.8) is 0 Å². The number of carboxylic acids is 1. The third-order valence-corrected chi connectivity index (χ3v) is 2.30. The van der Waals surface area contributed by atoms with Crippen LogP contribution in [-0.2, 0) is 23.9 Å². The summed E-state index contributed by atoms with van der Waals surface area (Å²) >= 11 is 0. The van der Waals surface area contributed by atoms with Crippen LogP contribution < -0.4 is 0 Å². The highest BCUT2D eigenvalue weighted by atomic mass is 16.6. The maximum Gasteiger partial charge on any atom is 0.307 e. The molecule has 6 nitrogen and oxygen atoms in total. The summed E-state index contributed by atoms with van der Waals surface area (Å²) in [5.74, 6) is -3.13. The molecule has 0 fully saturated rings. The van der Waals surface area contributed by atoms with Crippen molar-refractivity contribution in [1.29, 1.82) is 0 Å². The fraction of sp³-hybridized carbons (Fsp3) is 0.800. The Hall–Kier alpha value is -1.59. The number of carbonyl (C=O) groups is 3. The van der Waals surface area contributed by atoms with Crippen LogP contribution in [0.4, 0.5) is 0 Å². The van der Waals surface area contributed by atoms with Crippen LogP contribution in [-0.4, -0.2) is 34.2 Å². The Labute approximate surface area is 125 Å². The molecule has 122 valence electrons. The van der Waals surface area contributed by atoms with E-state index in [-0.39, 0.29) is 19.3 Å². The molecule has 0 radical (unpaired) electrons. The van der Waals surface area contributed by atoms with E-state index >= 15 is 0 Å². The zero-order valence-electron chi connectivity index (χ0n) is 13.7. The molecule has 0 amide bonds. The van der Waals surface area contributed by atoms with Gasteiger partial charge in [0, 0.05) is 6.42 Å². The number of carbonyl (C=O) groups excluding carboxylic acids is 2. The minimum Gasteiger partial charge on any atom is -0.481 e. The lowest BCUT2D eigenvalue weighted by Gasteiger charge is -2.22. The topological polar surface area (TPSA) is 89.9 Å². The summed E-state index contributed by atoms with van der Waals surface area (Å²) in [4.78, 5) is 34.4. The van der Waals surface area contributed by atoms with Gasteiger partial charge in [0.05, 0.1) is 12.3 Å². The first-order valence-corrected chi connectivity index (χ1v) is 6.96. The summed E-state index contributed by atoms with van der Waals surface area (Å²) < 4.78 is 10.2. The number of hydrogen-bond acceptors (Lipinski definition) is 5. The van der Waals surface area contributed by atoms with E-state index in [2.05, 4.69) is 0 Å². The number of rotatable bonds is 6. The van der Waals surface area contributed by atoms with Crippen LogP contribution in [0.25, 0.3) is 0 Å². The van der Waals surface area contributed by atoms with Crippen molar-refractivity contribution in [3.05, 3.63) is 0 Å². The molecule has 0 rings (SSSR count). The molecule has 6 heteroatoms. The maximum atomic E-state index is 11.6. The van der Waals surface area contributed by atoms with Gasteiger partial charge in [-0.15, -0.1) is 0 Å². The second kappa shape index (κ2) is 7.43. The highest BCUT2D eigenvalue weighted by molar-refractivity contribution is 5.79. The molecule has 1 atom stereocenters. The lowest BCUT2D eigenvalue weighted by atomic mass is 9.99. The molecule has 0 aliphatic carbocycles. The minimum absolute atomic E-state index is 0.0446. The summed E-state index contributed by atoms with van der Waals surface area (Å²) in [6.07, 6.45) is -0.254. The Morgan fingerprint density at radius 3 is 1.71 bits per heavy atom. The van der Waals surface area contributed by atoms with Crippen LogP contribution in [0.15, 0.2) is 0 Å². The van der Waals surface area contributed by atoms with E-state index in [0.717, 1.165) is 0 Å². The van der Waals surface area contributed by atoms with Crippen molar-refractivity contribution in [2.24, 2.45) is 5.92 Å². The molecule has 0 aliphatic rings. The monoisotopic (exact) mass is 302 g/mol. The maximum absolute atomic E-state index is 11.6. The predicted octanol–water partition coefficient (Wildman–Crippen LogP) is 2.54. The first-order valence-electron chi connectivity index (χ1n) is 6.96.